The summed E-state index contributed by atoms with van der Waals surface area (Å²) in [5, 5.41) is 9.89. The van der Waals surface area contributed by atoms with Crippen LogP contribution in [-0.4, -0.2) is 30.3 Å². The Kier molecular flexibility index (Phi) is 4.87. The number of anilines is 1. The number of fused-ring (bicyclic) bond motifs is 2. The van der Waals surface area contributed by atoms with Crippen LogP contribution >= 0.6 is 22.9 Å². The molecule has 1 aliphatic rings. The normalized spacial score (nSPS) is 15.3. The second kappa shape index (κ2) is 7.61. The van der Waals surface area contributed by atoms with Crippen molar-refractivity contribution in [2.75, 3.05) is 19.1 Å². The number of amides is 1. The molecule has 0 fully saturated rings. The molecule has 1 amide bonds. The Morgan fingerprint density at radius 1 is 1.09 bits per heavy atom. The number of methoxy groups -OCH3 is 2. The predicted octanol–water partition coefficient (Wildman–Crippen LogP) is 4.37. The average molecular weight is 470 g/mol. The Bertz CT molecular complexity index is 1450. The lowest BCUT2D eigenvalue weighted by molar-refractivity contribution is 0.0970. The van der Waals surface area contributed by atoms with Crippen molar-refractivity contribution in [3.05, 3.63) is 73.5 Å². The Labute approximate surface area is 191 Å². The fourth-order valence-corrected chi connectivity index (χ4v) is 4.76. The number of halogens is 1. The maximum Gasteiger partial charge on any atom is 0.297 e. The van der Waals surface area contributed by atoms with Crippen LogP contribution in [0.1, 0.15) is 32.7 Å². The molecule has 0 bridgehead atoms. The van der Waals surface area contributed by atoms with E-state index in [1.54, 1.807) is 37.3 Å². The van der Waals surface area contributed by atoms with Gasteiger partial charge in [-0.1, -0.05) is 22.9 Å². The van der Waals surface area contributed by atoms with Gasteiger partial charge in [0.05, 0.1) is 25.2 Å². The summed E-state index contributed by atoms with van der Waals surface area (Å²) in [6, 6.07) is 9.05. The van der Waals surface area contributed by atoms with Gasteiger partial charge >= 0.3 is 0 Å². The molecule has 1 atom stereocenters. The van der Waals surface area contributed by atoms with Gasteiger partial charge in [0.1, 0.15) is 28.1 Å². The van der Waals surface area contributed by atoms with Crippen molar-refractivity contribution in [1.29, 1.82) is 0 Å². The Balaban J connectivity index is 1.86. The number of aryl methyl sites for hydroxylation is 1. The standard InChI is InChI=1S/C22H16ClN3O5S/c1-10-24-25-22(32-10)26-18(13-9-12(29-2)5-7-15(13)30-3)17-19(27)14-8-11(23)4-6-16(14)31-20(17)21(26)28/h4-9,18H,1-3H3/t18-/m0/s1. The second-order valence-electron chi connectivity index (χ2n) is 7.10. The van der Waals surface area contributed by atoms with Gasteiger partial charge in [0, 0.05) is 10.6 Å². The molecule has 162 valence electrons. The second-order valence-corrected chi connectivity index (χ2v) is 8.70. The lowest BCUT2D eigenvalue weighted by Gasteiger charge is -2.24. The molecule has 0 unspecified atom stereocenters. The van der Waals surface area contributed by atoms with Gasteiger partial charge in [-0.15, -0.1) is 10.2 Å². The van der Waals surface area contributed by atoms with Gasteiger partial charge in [0.25, 0.3) is 5.91 Å². The summed E-state index contributed by atoms with van der Waals surface area (Å²) in [6.07, 6.45) is 0. The third-order valence-corrected chi connectivity index (χ3v) is 6.36. The van der Waals surface area contributed by atoms with Gasteiger partial charge in [0.2, 0.25) is 10.9 Å². The molecule has 4 aromatic rings. The molecule has 2 aromatic carbocycles. The first-order valence-corrected chi connectivity index (χ1v) is 10.7. The summed E-state index contributed by atoms with van der Waals surface area (Å²) in [6.45, 7) is 1.79. The molecule has 1 aliphatic heterocycles. The fourth-order valence-electron chi connectivity index (χ4n) is 3.87. The Hall–Kier alpha value is -3.43. The van der Waals surface area contributed by atoms with Crippen LogP contribution in [0.4, 0.5) is 5.13 Å². The van der Waals surface area contributed by atoms with Gasteiger partial charge in [-0.05, 0) is 43.3 Å². The SMILES string of the molecule is COc1ccc(OC)c([C@H]2c3c(oc4ccc(Cl)cc4c3=O)C(=O)N2c2nnc(C)s2)c1. The van der Waals surface area contributed by atoms with E-state index in [0.717, 1.165) is 0 Å². The van der Waals surface area contributed by atoms with Crippen LogP contribution in [0, 0.1) is 6.92 Å². The number of carbonyl (C=O) groups excluding carboxylic acids is 1. The summed E-state index contributed by atoms with van der Waals surface area (Å²) in [4.78, 5) is 28.6. The molecule has 5 rings (SSSR count). The molecular formula is C22H16ClN3O5S. The van der Waals surface area contributed by atoms with Crippen molar-refractivity contribution < 1.29 is 18.7 Å². The van der Waals surface area contributed by atoms with Crippen molar-refractivity contribution in [2.45, 2.75) is 13.0 Å². The minimum Gasteiger partial charge on any atom is -0.497 e. The van der Waals surface area contributed by atoms with Crippen LogP contribution in [-0.2, 0) is 0 Å². The minimum atomic E-state index is -0.852. The molecule has 2 aromatic heterocycles. The van der Waals surface area contributed by atoms with Crippen molar-refractivity contribution in [2.24, 2.45) is 0 Å². The molecule has 3 heterocycles. The zero-order chi connectivity index (χ0) is 22.6. The summed E-state index contributed by atoms with van der Waals surface area (Å²) < 4.78 is 16.9. The lowest BCUT2D eigenvalue weighted by atomic mass is 9.97. The molecule has 0 saturated carbocycles. The Morgan fingerprint density at radius 3 is 2.59 bits per heavy atom. The van der Waals surface area contributed by atoms with Gasteiger partial charge in [-0.25, -0.2) is 0 Å². The monoisotopic (exact) mass is 469 g/mol. The van der Waals surface area contributed by atoms with Crippen molar-refractivity contribution >= 4 is 44.9 Å². The van der Waals surface area contributed by atoms with Crippen LogP contribution in [0.15, 0.2) is 45.6 Å². The number of carbonyl (C=O) groups is 1. The fraction of sp³-hybridized carbons (Fsp3) is 0.182. The van der Waals surface area contributed by atoms with Crippen molar-refractivity contribution in [1.82, 2.24) is 10.2 Å². The molecule has 8 nitrogen and oxygen atoms in total. The first kappa shape index (κ1) is 20.5. The molecule has 0 aliphatic carbocycles. The quantitative estimate of drug-likeness (QED) is 0.438. The third kappa shape index (κ3) is 3.04. The Morgan fingerprint density at radius 2 is 1.91 bits per heavy atom. The molecule has 10 heteroatoms. The van der Waals surface area contributed by atoms with Gasteiger partial charge in [-0.3, -0.25) is 14.5 Å². The molecule has 0 radical (unpaired) electrons. The topological polar surface area (TPSA) is 94.8 Å². The number of hydrogen-bond donors (Lipinski definition) is 0. The zero-order valence-corrected chi connectivity index (χ0v) is 18.8. The van der Waals surface area contributed by atoms with Gasteiger partial charge < -0.3 is 13.9 Å². The van der Waals surface area contributed by atoms with Crippen molar-refractivity contribution in [3.8, 4) is 11.5 Å². The highest BCUT2D eigenvalue weighted by atomic mass is 35.5. The summed E-state index contributed by atoms with van der Waals surface area (Å²) in [7, 11) is 3.06. The highest BCUT2D eigenvalue weighted by Gasteiger charge is 2.46. The van der Waals surface area contributed by atoms with Gasteiger partial charge in [0.15, 0.2) is 5.43 Å². The highest BCUT2D eigenvalue weighted by Crippen LogP contribution is 2.45. The van der Waals surface area contributed by atoms with E-state index >= 15 is 0 Å². The minimum absolute atomic E-state index is 0.0486. The van der Waals surface area contributed by atoms with E-state index in [9.17, 15) is 9.59 Å². The molecule has 0 N–H and O–H groups in total. The molecule has 32 heavy (non-hydrogen) atoms. The van der Waals surface area contributed by atoms with E-state index in [1.165, 1.54) is 36.5 Å². The molecular weight excluding hydrogens is 454 g/mol. The van der Waals surface area contributed by atoms with Crippen LogP contribution in [0.5, 0.6) is 11.5 Å². The smallest absolute Gasteiger partial charge is 0.297 e. The van der Waals surface area contributed by atoms with E-state index in [2.05, 4.69) is 10.2 Å². The third-order valence-electron chi connectivity index (χ3n) is 5.29. The average Bonchev–Trinajstić information content (AvgIpc) is 3.34. The predicted molar refractivity (Wildman–Crippen MR) is 120 cm³/mol. The van der Waals surface area contributed by atoms with E-state index in [4.69, 9.17) is 25.5 Å². The van der Waals surface area contributed by atoms with Crippen LogP contribution in [0.2, 0.25) is 5.02 Å². The van der Waals surface area contributed by atoms with E-state index in [1.807, 2.05) is 0 Å². The number of aromatic nitrogens is 2. The number of benzene rings is 2. The first-order valence-electron chi connectivity index (χ1n) is 9.54. The number of ether oxygens (including phenoxy) is 2. The maximum atomic E-state index is 13.6. The summed E-state index contributed by atoms with van der Waals surface area (Å²) >= 11 is 7.37. The van der Waals surface area contributed by atoms with Crippen molar-refractivity contribution in [3.63, 3.8) is 0 Å². The first-order chi connectivity index (χ1) is 15.4. The van der Waals surface area contributed by atoms with Gasteiger partial charge in [-0.2, -0.15) is 0 Å². The lowest BCUT2D eigenvalue weighted by Crippen LogP contribution is -2.29. The summed E-state index contributed by atoms with van der Waals surface area (Å²) in [5.74, 6) is 0.490. The van der Waals surface area contributed by atoms with E-state index in [-0.39, 0.29) is 27.7 Å². The van der Waals surface area contributed by atoms with E-state index in [0.29, 0.717) is 32.2 Å². The summed E-state index contributed by atoms with van der Waals surface area (Å²) in [5.41, 5.74) is 0.665. The number of hydrogen-bond acceptors (Lipinski definition) is 8. The zero-order valence-electron chi connectivity index (χ0n) is 17.2. The van der Waals surface area contributed by atoms with Crippen LogP contribution in [0.25, 0.3) is 11.0 Å². The molecule has 0 spiro atoms. The van der Waals surface area contributed by atoms with E-state index < -0.39 is 11.9 Å². The van der Waals surface area contributed by atoms with Crippen LogP contribution in [0.3, 0.4) is 0 Å². The number of nitrogens with zero attached hydrogens (tertiary/aromatic N) is 3. The largest absolute Gasteiger partial charge is 0.497 e. The maximum absolute atomic E-state index is 13.6. The van der Waals surface area contributed by atoms with Crippen LogP contribution < -0.4 is 19.8 Å². The highest BCUT2D eigenvalue weighted by molar-refractivity contribution is 7.15. The number of rotatable bonds is 4. The molecule has 0 saturated heterocycles.